The van der Waals surface area contributed by atoms with E-state index in [0.29, 0.717) is 18.1 Å². The van der Waals surface area contributed by atoms with Crippen LogP contribution in [0.1, 0.15) is 31.2 Å². The van der Waals surface area contributed by atoms with E-state index in [0.717, 1.165) is 37.3 Å². The second-order valence-corrected chi connectivity index (χ2v) is 7.82. The molecule has 1 aromatic heterocycles. The van der Waals surface area contributed by atoms with Gasteiger partial charge in [0, 0.05) is 36.1 Å². The number of likely N-dealkylation sites (tertiary alicyclic amines) is 1. The van der Waals surface area contributed by atoms with Gasteiger partial charge >= 0.3 is 0 Å². The topological polar surface area (TPSA) is 62.3 Å². The maximum absolute atomic E-state index is 12.5. The summed E-state index contributed by atoms with van der Waals surface area (Å²) in [5.74, 6) is -0.0720. The highest BCUT2D eigenvalue weighted by molar-refractivity contribution is 7.13. The number of halogens is 1. The SMILES string of the molecule is O=C(Nc1nccs1)C1CCCN(C(=O)CCCc2ccc(Cl)cc2)C1. The molecule has 0 bridgehead atoms. The van der Waals surface area contributed by atoms with Crippen molar-refractivity contribution in [1.82, 2.24) is 9.88 Å². The fourth-order valence-electron chi connectivity index (χ4n) is 3.16. The van der Waals surface area contributed by atoms with Gasteiger partial charge < -0.3 is 10.2 Å². The minimum absolute atomic E-state index is 0.0429. The third-order valence-corrected chi connectivity index (χ3v) is 5.52. The Balaban J connectivity index is 1.45. The number of aryl methyl sites for hydroxylation is 1. The predicted molar refractivity (Wildman–Crippen MR) is 104 cm³/mol. The summed E-state index contributed by atoms with van der Waals surface area (Å²) in [4.78, 5) is 30.8. The fraction of sp³-hybridized carbons (Fsp3) is 0.421. The van der Waals surface area contributed by atoms with Crippen molar-refractivity contribution in [3.8, 4) is 0 Å². The molecule has 138 valence electrons. The van der Waals surface area contributed by atoms with Crippen molar-refractivity contribution in [3.63, 3.8) is 0 Å². The van der Waals surface area contributed by atoms with E-state index >= 15 is 0 Å². The van der Waals surface area contributed by atoms with E-state index in [2.05, 4.69) is 10.3 Å². The summed E-state index contributed by atoms with van der Waals surface area (Å²) in [6, 6.07) is 7.73. The van der Waals surface area contributed by atoms with Gasteiger partial charge in [-0.05, 0) is 43.4 Å². The number of piperidine rings is 1. The van der Waals surface area contributed by atoms with Gasteiger partial charge in [0.1, 0.15) is 0 Å². The summed E-state index contributed by atoms with van der Waals surface area (Å²) in [7, 11) is 0. The van der Waals surface area contributed by atoms with Crippen LogP contribution in [0.5, 0.6) is 0 Å². The van der Waals surface area contributed by atoms with E-state index in [1.807, 2.05) is 34.5 Å². The normalized spacial score (nSPS) is 17.1. The van der Waals surface area contributed by atoms with Gasteiger partial charge in [0.05, 0.1) is 5.92 Å². The second kappa shape index (κ2) is 9.14. The lowest BCUT2D eigenvalue weighted by Gasteiger charge is -2.32. The molecule has 2 heterocycles. The number of thiazole rings is 1. The lowest BCUT2D eigenvalue weighted by molar-refractivity contribution is -0.134. The maximum atomic E-state index is 12.5. The molecule has 0 radical (unpaired) electrons. The summed E-state index contributed by atoms with van der Waals surface area (Å²) in [5.41, 5.74) is 1.18. The van der Waals surface area contributed by atoms with Gasteiger partial charge in [0.2, 0.25) is 11.8 Å². The van der Waals surface area contributed by atoms with E-state index in [1.165, 1.54) is 16.9 Å². The third-order valence-electron chi connectivity index (χ3n) is 4.58. The first-order valence-corrected chi connectivity index (χ1v) is 10.1. The average molecular weight is 392 g/mol. The zero-order chi connectivity index (χ0) is 18.4. The van der Waals surface area contributed by atoms with Crippen molar-refractivity contribution in [2.24, 2.45) is 5.92 Å². The number of nitrogens with zero attached hydrogens (tertiary/aromatic N) is 2. The summed E-state index contributed by atoms with van der Waals surface area (Å²) in [6.45, 7) is 1.23. The number of aromatic nitrogens is 1. The second-order valence-electron chi connectivity index (χ2n) is 6.49. The lowest BCUT2D eigenvalue weighted by atomic mass is 9.96. The number of amides is 2. The summed E-state index contributed by atoms with van der Waals surface area (Å²) in [5, 5.41) is 6.00. The monoisotopic (exact) mass is 391 g/mol. The molecule has 7 heteroatoms. The Morgan fingerprint density at radius 1 is 1.31 bits per heavy atom. The van der Waals surface area contributed by atoms with Gasteiger partial charge in [-0.15, -0.1) is 11.3 Å². The number of anilines is 1. The van der Waals surface area contributed by atoms with Crippen molar-refractivity contribution in [1.29, 1.82) is 0 Å². The number of hydrogen-bond donors (Lipinski definition) is 1. The van der Waals surface area contributed by atoms with E-state index in [9.17, 15) is 9.59 Å². The average Bonchev–Trinajstić information content (AvgIpc) is 3.16. The number of carbonyl (C=O) groups is 2. The maximum Gasteiger partial charge on any atom is 0.231 e. The molecule has 0 saturated carbocycles. The Morgan fingerprint density at radius 2 is 2.12 bits per heavy atom. The molecule has 5 nitrogen and oxygen atoms in total. The molecular weight excluding hydrogens is 370 g/mol. The molecule has 1 unspecified atom stereocenters. The van der Waals surface area contributed by atoms with Crippen LogP contribution in [-0.4, -0.2) is 34.8 Å². The molecule has 1 N–H and O–H groups in total. The van der Waals surface area contributed by atoms with Gasteiger partial charge in [-0.1, -0.05) is 23.7 Å². The highest BCUT2D eigenvalue weighted by Crippen LogP contribution is 2.21. The molecular formula is C19H22ClN3O2S. The minimum Gasteiger partial charge on any atom is -0.342 e. The lowest BCUT2D eigenvalue weighted by Crippen LogP contribution is -2.43. The fourth-order valence-corrected chi connectivity index (χ4v) is 3.82. The van der Waals surface area contributed by atoms with Crippen LogP contribution in [0.15, 0.2) is 35.8 Å². The Bertz CT molecular complexity index is 734. The smallest absolute Gasteiger partial charge is 0.231 e. The first-order chi connectivity index (χ1) is 12.6. The molecule has 0 aliphatic carbocycles. The van der Waals surface area contributed by atoms with E-state index < -0.39 is 0 Å². The van der Waals surface area contributed by atoms with Gasteiger partial charge in [0.25, 0.3) is 0 Å². The Labute approximate surface area is 162 Å². The molecule has 26 heavy (non-hydrogen) atoms. The molecule has 1 atom stereocenters. The molecule has 0 spiro atoms. The molecule has 3 rings (SSSR count). The Kier molecular flexibility index (Phi) is 6.63. The number of carbonyl (C=O) groups excluding carboxylic acids is 2. The van der Waals surface area contributed by atoms with Crippen LogP contribution in [0.4, 0.5) is 5.13 Å². The highest BCUT2D eigenvalue weighted by atomic mass is 35.5. The van der Waals surface area contributed by atoms with Crippen LogP contribution in [0.25, 0.3) is 0 Å². The molecule has 1 fully saturated rings. The largest absolute Gasteiger partial charge is 0.342 e. The number of nitrogens with one attached hydrogen (secondary N) is 1. The van der Waals surface area contributed by atoms with Gasteiger partial charge in [-0.2, -0.15) is 0 Å². The van der Waals surface area contributed by atoms with Crippen molar-refractivity contribution in [2.45, 2.75) is 32.1 Å². The van der Waals surface area contributed by atoms with Crippen LogP contribution in [-0.2, 0) is 16.0 Å². The Hall–Kier alpha value is -1.92. The predicted octanol–water partition coefficient (Wildman–Crippen LogP) is 4.00. The quantitative estimate of drug-likeness (QED) is 0.809. The summed E-state index contributed by atoms with van der Waals surface area (Å²) < 4.78 is 0. The van der Waals surface area contributed by atoms with E-state index in [4.69, 9.17) is 11.6 Å². The number of hydrogen-bond acceptors (Lipinski definition) is 4. The molecule has 2 amide bonds. The van der Waals surface area contributed by atoms with Crippen LogP contribution in [0.2, 0.25) is 5.02 Å². The van der Waals surface area contributed by atoms with Crippen molar-refractivity contribution in [3.05, 3.63) is 46.4 Å². The summed E-state index contributed by atoms with van der Waals surface area (Å²) in [6.07, 6.45) is 5.49. The van der Waals surface area contributed by atoms with Crippen molar-refractivity contribution < 1.29 is 9.59 Å². The van der Waals surface area contributed by atoms with E-state index in [1.54, 1.807) is 6.20 Å². The highest BCUT2D eigenvalue weighted by Gasteiger charge is 2.28. The minimum atomic E-state index is -0.159. The van der Waals surface area contributed by atoms with E-state index in [-0.39, 0.29) is 17.7 Å². The zero-order valence-electron chi connectivity index (χ0n) is 14.5. The van der Waals surface area contributed by atoms with Crippen molar-refractivity contribution in [2.75, 3.05) is 18.4 Å². The number of rotatable bonds is 6. The van der Waals surface area contributed by atoms with Crippen LogP contribution >= 0.6 is 22.9 Å². The zero-order valence-corrected chi connectivity index (χ0v) is 16.1. The van der Waals surface area contributed by atoms with Crippen LogP contribution in [0.3, 0.4) is 0 Å². The molecule has 1 aliphatic rings. The molecule has 2 aromatic rings. The Morgan fingerprint density at radius 3 is 2.85 bits per heavy atom. The standard InChI is InChI=1S/C19H22ClN3O2S/c20-16-8-6-14(7-9-16)3-1-5-17(24)23-11-2-4-15(13-23)18(25)22-19-21-10-12-26-19/h6-10,12,15H,1-5,11,13H2,(H,21,22,25). The van der Waals surface area contributed by atoms with Gasteiger partial charge in [0.15, 0.2) is 5.13 Å². The van der Waals surface area contributed by atoms with Crippen molar-refractivity contribution >= 4 is 39.9 Å². The number of benzene rings is 1. The van der Waals surface area contributed by atoms with Crippen LogP contribution in [0, 0.1) is 5.92 Å². The first-order valence-electron chi connectivity index (χ1n) is 8.84. The molecule has 1 saturated heterocycles. The van der Waals surface area contributed by atoms with Gasteiger partial charge in [-0.3, -0.25) is 9.59 Å². The molecule has 1 aromatic carbocycles. The van der Waals surface area contributed by atoms with Crippen LogP contribution < -0.4 is 5.32 Å². The summed E-state index contributed by atoms with van der Waals surface area (Å²) >= 11 is 7.29. The molecule has 1 aliphatic heterocycles. The first kappa shape index (κ1) is 18.9. The van der Waals surface area contributed by atoms with Gasteiger partial charge in [-0.25, -0.2) is 4.98 Å². The third kappa shape index (κ3) is 5.29.